The molecule has 7 heteroatoms. The van der Waals surface area contributed by atoms with E-state index in [1.807, 2.05) is 26.0 Å². The van der Waals surface area contributed by atoms with Gasteiger partial charge in [-0.15, -0.1) is 10.2 Å². The van der Waals surface area contributed by atoms with E-state index < -0.39 is 0 Å². The molecule has 0 radical (unpaired) electrons. The van der Waals surface area contributed by atoms with Gasteiger partial charge in [0.05, 0.1) is 5.75 Å². The molecular weight excluding hydrogens is 324 g/mol. The molecule has 128 valence electrons. The minimum absolute atomic E-state index is 0.0850. The number of carbonyl (C=O) groups excluding carboxylic acids is 1. The van der Waals surface area contributed by atoms with Crippen LogP contribution >= 0.6 is 11.8 Å². The third-order valence-corrected chi connectivity index (χ3v) is 4.68. The first-order valence-corrected chi connectivity index (χ1v) is 9.21. The molecule has 0 aliphatic carbocycles. The largest absolute Gasteiger partial charge is 0.416 e. The van der Waals surface area contributed by atoms with E-state index in [2.05, 4.69) is 32.5 Å². The summed E-state index contributed by atoms with van der Waals surface area (Å²) in [6.45, 7) is 6.21. The minimum Gasteiger partial charge on any atom is -0.416 e. The average Bonchev–Trinajstić information content (AvgIpc) is 3.25. The van der Waals surface area contributed by atoms with E-state index in [0.717, 1.165) is 18.8 Å². The zero-order valence-corrected chi connectivity index (χ0v) is 14.8. The minimum atomic E-state index is -0.0850. The van der Waals surface area contributed by atoms with E-state index in [4.69, 9.17) is 4.42 Å². The highest BCUT2D eigenvalue weighted by Crippen LogP contribution is 2.23. The van der Waals surface area contributed by atoms with Gasteiger partial charge in [-0.25, -0.2) is 0 Å². The van der Waals surface area contributed by atoms with Gasteiger partial charge in [-0.1, -0.05) is 25.6 Å². The molecule has 6 nitrogen and oxygen atoms in total. The number of aromatic nitrogens is 2. The van der Waals surface area contributed by atoms with Crippen LogP contribution in [0.15, 0.2) is 33.9 Å². The molecule has 0 saturated carbocycles. The fourth-order valence-corrected chi connectivity index (χ4v) is 3.14. The highest BCUT2D eigenvalue weighted by molar-refractivity contribution is 7.99. The first kappa shape index (κ1) is 16.8. The van der Waals surface area contributed by atoms with E-state index >= 15 is 0 Å². The zero-order valence-electron chi connectivity index (χ0n) is 14.0. The quantitative estimate of drug-likeness (QED) is 0.807. The number of thioether (sulfide) groups is 1. The number of benzene rings is 1. The topological polar surface area (TPSA) is 71.3 Å². The standard InChI is InChI=1S/C17H22N4O2S/c1-12(2)16-19-20-17(23-16)24-11-15(22)18-13-5-7-14(8-6-13)21-9-3-4-10-21/h5-8,12H,3-4,9-11H2,1-2H3,(H,18,22). The first-order chi connectivity index (χ1) is 11.6. The highest BCUT2D eigenvalue weighted by atomic mass is 32.2. The summed E-state index contributed by atoms with van der Waals surface area (Å²) in [4.78, 5) is 14.4. The number of carbonyl (C=O) groups is 1. The van der Waals surface area contributed by atoms with Gasteiger partial charge in [-0.05, 0) is 37.1 Å². The molecule has 0 unspecified atom stereocenters. The number of amides is 1. The van der Waals surface area contributed by atoms with Crippen LogP contribution in [-0.2, 0) is 4.79 Å². The van der Waals surface area contributed by atoms with Gasteiger partial charge in [-0.2, -0.15) is 0 Å². The summed E-state index contributed by atoms with van der Waals surface area (Å²) in [5.41, 5.74) is 2.02. The normalized spacial score (nSPS) is 14.4. The van der Waals surface area contributed by atoms with Gasteiger partial charge < -0.3 is 14.6 Å². The second kappa shape index (κ2) is 7.70. The average molecular weight is 346 g/mol. The molecule has 1 N–H and O–H groups in total. The number of nitrogens with one attached hydrogen (secondary N) is 1. The van der Waals surface area contributed by atoms with Crippen LogP contribution in [-0.4, -0.2) is 34.9 Å². The van der Waals surface area contributed by atoms with Crippen molar-refractivity contribution < 1.29 is 9.21 Å². The Bertz CT molecular complexity index is 678. The molecule has 1 aromatic carbocycles. The van der Waals surface area contributed by atoms with Crippen LogP contribution in [0.1, 0.15) is 38.5 Å². The third-order valence-electron chi connectivity index (χ3n) is 3.87. The monoisotopic (exact) mass is 346 g/mol. The molecule has 2 aromatic rings. The lowest BCUT2D eigenvalue weighted by molar-refractivity contribution is -0.113. The molecule has 0 bridgehead atoms. The predicted molar refractivity (Wildman–Crippen MR) is 95.6 cm³/mol. The lowest BCUT2D eigenvalue weighted by atomic mass is 10.2. The van der Waals surface area contributed by atoms with E-state index in [1.54, 1.807) is 0 Å². The van der Waals surface area contributed by atoms with Gasteiger partial charge in [0.25, 0.3) is 5.22 Å². The summed E-state index contributed by atoms with van der Waals surface area (Å²) in [7, 11) is 0. The molecular formula is C17H22N4O2S. The molecule has 1 aliphatic heterocycles. The van der Waals surface area contributed by atoms with Gasteiger partial charge in [0.15, 0.2) is 0 Å². The number of anilines is 2. The molecule has 1 saturated heterocycles. The van der Waals surface area contributed by atoms with E-state index in [-0.39, 0.29) is 17.6 Å². The Labute approximate surface area is 146 Å². The van der Waals surface area contributed by atoms with Gasteiger partial charge in [0.1, 0.15) is 0 Å². The molecule has 1 fully saturated rings. The zero-order chi connectivity index (χ0) is 16.9. The summed E-state index contributed by atoms with van der Waals surface area (Å²) in [6.07, 6.45) is 2.51. The predicted octanol–water partition coefficient (Wildman–Crippen LogP) is 3.52. The van der Waals surface area contributed by atoms with Crippen LogP contribution in [0.25, 0.3) is 0 Å². The molecule has 24 heavy (non-hydrogen) atoms. The van der Waals surface area contributed by atoms with Crippen molar-refractivity contribution in [2.75, 3.05) is 29.1 Å². The van der Waals surface area contributed by atoms with Crippen molar-refractivity contribution in [3.8, 4) is 0 Å². The van der Waals surface area contributed by atoms with Gasteiger partial charge in [0, 0.05) is 30.4 Å². The van der Waals surface area contributed by atoms with Crippen LogP contribution in [0.5, 0.6) is 0 Å². The lowest BCUT2D eigenvalue weighted by Gasteiger charge is -2.17. The number of hydrogen-bond acceptors (Lipinski definition) is 6. The fourth-order valence-electron chi connectivity index (χ4n) is 2.57. The van der Waals surface area contributed by atoms with Crippen molar-refractivity contribution in [3.63, 3.8) is 0 Å². The van der Waals surface area contributed by atoms with E-state index in [1.165, 1.54) is 30.3 Å². The van der Waals surface area contributed by atoms with Crippen molar-refractivity contribution in [3.05, 3.63) is 30.2 Å². The summed E-state index contributed by atoms with van der Waals surface area (Å²) in [6, 6.07) is 8.00. The van der Waals surface area contributed by atoms with E-state index in [0.29, 0.717) is 11.1 Å². The molecule has 1 aliphatic rings. The van der Waals surface area contributed by atoms with Crippen LogP contribution in [0.2, 0.25) is 0 Å². The van der Waals surface area contributed by atoms with Crippen LogP contribution in [0, 0.1) is 0 Å². The molecule has 1 amide bonds. The fraction of sp³-hybridized carbons (Fsp3) is 0.471. The number of nitrogens with zero attached hydrogens (tertiary/aromatic N) is 3. The number of hydrogen-bond donors (Lipinski definition) is 1. The maximum atomic E-state index is 12.0. The Kier molecular flexibility index (Phi) is 5.40. The highest BCUT2D eigenvalue weighted by Gasteiger charge is 2.13. The molecule has 0 atom stereocenters. The van der Waals surface area contributed by atoms with Gasteiger partial charge in [-0.3, -0.25) is 4.79 Å². The summed E-state index contributed by atoms with van der Waals surface area (Å²) in [5, 5.41) is 11.2. The van der Waals surface area contributed by atoms with Gasteiger partial charge >= 0.3 is 0 Å². The molecule has 0 spiro atoms. The molecule has 1 aromatic heterocycles. The second-order valence-corrected chi connectivity index (χ2v) is 7.07. The van der Waals surface area contributed by atoms with Crippen molar-refractivity contribution in [1.82, 2.24) is 10.2 Å². The van der Waals surface area contributed by atoms with E-state index in [9.17, 15) is 4.79 Å². The number of rotatable bonds is 6. The maximum absolute atomic E-state index is 12.0. The Morgan fingerprint density at radius 1 is 1.25 bits per heavy atom. The molecule has 2 heterocycles. The molecule has 3 rings (SSSR count). The van der Waals surface area contributed by atoms with Crippen molar-refractivity contribution in [2.45, 2.75) is 37.8 Å². The van der Waals surface area contributed by atoms with Crippen molar-refractivity contribution in [1.29, 1.82) is 0 Å². The van der Waals surface area contributed by atoms with Crippen molar-refractivity contribution >= 4 is 29.0 Å². The van der Waals surface area contributed by atoms with Crippen LogP contribution in [0.4, 0.5) is 11.4 Å². The van der Waals surface area contributed by atoms with Gasteiger partial charge in [0.2, 0.25) is 11.8 Å². The summed E-state index contributed by atoms with van der Waals surface area (Å²) >= 11 is 1.25. The Morgan fingerprint density at radius 2 is 1.96 bits per heavy atom. The summed E-state index contributed by atoms with van der Waals surface area (Å²) in [5.74, 6) is 0.941. The maximum Gasteiger partial charge on any atom is 0.277 e. The SMILES string of the molecule is CC(C)c1nnc(SCC(=O)Nc2ccc(N3CCCC3)cc2)o1. The van der Waals surface area contributed by atoms with Crippen LogP contribution in [0.3, 0.4) is 0 Å². The smallest absolute Gasteiger partial charge is 0.277 e. The Balaban J connectivity index is 1.49. The first-order valence-electron chi connectivity index (χ1n) is 8.23. The third kappa shape index (κ3) is 4.29. The van der Waals surface area contributed by atoms with Crippen LogP contribution < -0.4 is 10.2 Å². The second-order valence-electron chi connectivity index (χ2n) is 6.14. The van der Waals surface area contributed by atoms with Crippen molar-refractivity contribution in [2.24, 2.45) is 0 Å². The Hall–Kier alpha value is -2.02. The summed E-state index contributed by atoms with van der Waals surface area (Å²) < 4.78 is 5.47. The lowest BCUT2D eigenvalue weighted by Crippen LogP contribution is -2.18. The Morgan fingerprint density at radius 3 is 2.58 bits per heavy atom.